The lowest BCUT2D eigenvalue weighted by molar-refractivity contribution is -0.123. The van der Waals surface area contributed by atoms with Gasteiger partial charge in [-0.2, -0.15) is 0 Å². The van der Waals surface area contributed by atoms with Crippen LogP contribution in [-0.4, -0.2) is 62.5 Å². The topological polar surface area (TPSA) is 90.7 Å². The fourth-order valence-corrected chi connectivity index (χ4v) is 2.61. The van der Waals surface area contributed by atoms with Crippen molar-refractivity contribution in [3.8, 4) is 0 Å². The number of nitrogens with one attached hydrogen (secondary N) is 2. The molecule has 1 fully saturated rings. The molecule has 10 heteroatoms. The van der Waals surface area contributed by atoms with E-state index in [1.165, 1.54) is 0 Å². The van der Waals surface area contributed by atoms with Gasteiger partial charge in [-0.15, -0.1) is 37.2 Å². The normalized spacial score (nSPS) is 13.5. The Labute approximate surface area is 173 Å². The SMILES string of the molecule is CCN1CCN(c2ccccc2NC(=O)CNC(=O)CN)CC1.Cl.Cl.Cl. The van der Waals surface area contributed by atoms with E-state index in [-0.39, 0.29) is 62.1 Å². The number of halogens is 3. The van der Waals surface area contributed by atoms with E-state index in [0.29, 0.717) is 0 Å². The Kier molecular flexibility index (Phi) is 14.4. The molecule has 1 heterocycles. The molecule has 0 saturated carbocycles. The Balaban J connectivity index is 0. The second-order valence-corrected chi connectivity index (χ2v) is 5.47. The molecule has 1 aliphatic heterocycles. The minimum Gasteiger partial charge on any atom is -0.367 e. The van der Waals surface area contributed by atoms with Gasteiger partial charge in [-0.1, -0.05) is 19.1 Å². The fraction of sp³-hybridized carbons (Fsp3) is 0.500. The molecule has 0 atom stereocenters. The number of rotatable bonds is 6. The van der Waals surface area contributed by atoms with Crippen molar-refractivity contribution >= 4 is 60.4 Å². The highest BCUT2D eigenvalue weighted by Crippen LogP contribution is 2.26. The van der Waals surface area contributed by atoms with Crippen LogP contribution in [0.25, 0.3) is 0 Å². The van der Waals surface area contributed by atoms with Crippen LogP contribution in [0.4, 0.5) is 11.4 Å². The number of benzene rings is 1. The molecule has 26 heavy (non-hydrogen) atoms. The first-order valence-electron chi connectivity index (χ1n) is 7.97. The maximum Gasteiger partial charge on any atom is 0.243 e. The molecular formula is C16H28Cl3N5O2. The zero-order valence-electron chi connectivity index (χ0n) is 14.8. The largest absolute Gasteiger partial charge is 0.367 e. The van der Waals surface area contributed by atoms with Gasteiger partial charge >= 0.3 is 0 Å². The summed E-state index contributed by atoms with van der Waals surface area (Å²) in [6.07, 6.45) is 0. The van der Waals surface area contributed by atoms with Gasteiger partial charge in [-0.25, -0.2) is 0 Å². The molecule has 7 nitrogen and oxygen atoms in total. The van der Waals surface area contributed by atoms with Gasteiger partial charge in [0.2, 0.25) is 11.8 Å². The summed E-state index contributed by atoms with van der Waals surface area (Å²) < 4.78 is 0. The van der Waals surface area contributed by atoms with Crippen LogP contribution in [0.2, 0.25) is 0 Å². The van der Waals surface area contributed by atoms with Crippen LogP contribution in [0.5, 0.6) is 0 Å². The third-order valence-corrected chi connectivity index (χ3v) is 3.97. The smallest absolute Gasteiger partial charge is 0.243 e. The summed E-state index contributed by atoms with van der Waals surface area (Å²) in [4.78, 5) is 27.8. The molecule has 0 aliphatic carbocycles. The number of carbonyl (C=O) groups excluding carboxylic acids is 2. The minimum atomic E-state index is -0.343. The van der Waals surface area contributed by atoms with Crippen LogP contribution in [0.3, 0.4) is 0 Å². The van der Waals surface area contributed by atoms with Gasteiger partial charge in [0.05, 0.1) is 24.5 Å². The van der Waals surface area contributed by atoms with E-state index in [0.717, 1.165) is 44.1 Å². The summed E-state index contributed by atoms with van der Waals surface area (Å²) in [5.41, 5.74) is 6.98. The Bertz CT molecular complexity index is 554. The first-order chi connectivity index (χ1) is 11.1. The molecule has 2 rings (SSSR count). The quantitative estimate of drug-likeness (QED) is 0.631. The number of para-hydroxylation sites is 2. The van der Waals surface area contributed by atoms with Gasteiger partial charge in [0.25, 0.3) is 0 Å². The van der Waals surface area contributed by atoms with Crippen LogP contribution < -0.4 is 21.3 Å². The van der Waals surface area contributed by atoms with Gasteiger partial charge in [0.15, 0.2) is 0 Å². The van der Waals surface area contributed by atoms with Crippen LogP contribution in [0.1, 0.15) is 6.92 Å². The van der Waals surface area contributed by atoms with Gasteiger partial charge < -0.3 is 26.2 Å². The predicted molar refractivity (Wildman–Crippen MR) is 113 cm³/mol. The van der Waals surface area contributed by atoms with Crippen molar-refractivity contribution in [1.29, 1.82) is 0 Å². The van der Waals surface area contributed by atoms with E-state index in [1.54, 1.807) is 0 Å². The first kappa shape index (κ1) is 27.0. The maximum absolute atomic E-state index is 12.0. The molecule has 0 bridgehead atoms. The molecule has 1 aromatic carbocycles. The molecule has 0 spiro atoms. The summed E-state index contributed by atoms with van der Waals surface area (Å²) in [5.74, 6) is -0.601. The van der Waals surface area contributed by atoms with E-state index in [1.807, 2.05) is 24.3 Å². The summed E-state index contributed by atoms with van der Waals surface area (Å²) in [6.45, 7) is 6.94. The predicted octanol–water partition coefficient (Wildman–Crippen LogP) is 1.11. The van der Waals surface area contributed by atoms with Crippen LogP contribution >= 0.6 is 37.2 Å². The second-order valence-electron chi connectivity index (χ2n) is 5.47. The minimum absolute atomic E-state index is 0. The summed E-state index contributed by atoms with van der Waals surface area (Å²) >= 11 is 0. The highest BCUT2D eigenvalue weighted by molar-refractivity contribution is 5.97. The van der Waals surface area contributed by atoms with Crippen LogP contribution in [-0.2, 0) is 9.59 Å². The highest BCUT2D eigenvalue weighted by atomic mass is 35.5. The molecule has 0 radical (unpaired) electrons. The van der Waals surface area contributed by atoms with E-state index in [4.69, 9.17) is 5.73 Å². The van der Waals surface area contributed by atoms with Gasteiger partial charge in [0, 0.05) is 26.2 Å². The molecule has 1 saturated heterocycles. The number of nitrogens with two attached hydrogens (primary N) is 1. The zero-order valence-corrected chi connectivity index (χ0v) is 17.2. The first-order valence-corrected chi connectivity index (χ1v) is 7.97. The number of hydrogen-bond donors (Lipinski definition) is 3. The molecule has 1 aliphatic rings. The van der Waals surface area contributed by atoms with Crippen molar-refractivity contribution in [2.24, 2.45) is 5.73 Å². The van der Waals surface area contributed by atoms with E-state index < -0.39 is 0 Å². The summed E-state index contributed by atoms with van der Waals surface area (Å²) in [7, 11) is 0. The Morgan fingerprint density at radius 1 is 1.04 bits per heavy atom. The van der Waals surface area contributed by atoms with Crippen molar-refractivity contribution in [1.82, 2.24) is 10.2 Å². The van der Waals surface area contributed by atoms with E-state index >= 15 is 0 Å². The highest BCUT2D eigenvalue weighted by Gasteiger charge is 2.18. The van der Waals surface area contributed by atoms with E-state index in [2.05, 4.69) is 27.4 Å². The van der Waals surface area contributed by atoms with Crippen molar-refractivity contribution in [3.05, 3.63) is 24.3 Å². The number of likely N-dealkylation sites (N-methyl/N-ethyl adjacent to an activating group) is 1. The molecule has 150 valence electrons. The van der Waals surface area contributed by atoms with Crippen molar-refractivity contribution in [2.45, 2.75) is 6.92 Å². The van der Waals surface area contributed by atoms with Crippen molar-refractivity contribution < 1.29 is 9.59 Å². The molecule has 2 amide bonds. The van der Waals surface area contributed by atoms with Crippen molar-refractivity contribution in [3.63, 3.8) is 0 Å². The number of carbonyl (C=O) groups is 2. The van der Waals surface area contributed by atoms with Gasteiger partial charge in [-0.05, 0) is 18.7 Å². The van der Waals surface area contributed by atoms with Crippen LogP contribution in [0, 0.1) is 0 Å². The molecule has 4 N–H and O–H groups in total. The number of nitrogens with zero attached hydrogens (tertiary/aromatic N) is 2. The molecule has 0 aromatic heterocycles. The fourth-order valence-electron chi connectivity index (χ4n) is 2.61. The number of hydrogen-bond acceptors (Lipinski definition) is 5. The Hall–Kier alpha value is -1.25. The lowest BCUT2D eigenvalue weighted by atomic mass is 10.2. The van der Waals surface area contributed by atoms with Gasteiger partial charge in [-0.3, -0.25) is 9.59 Å². The lowest BCUT2D eigenvalue weighted by Gasteiger charge is -2.36. The maximum atomic E-state index is 12.0. The van der Waals surface area contributed by atoms with E-state index in [9.17, 15) is 9.59 Å². The molecular weight excluding hydrogens is 401 g/mol. The number of anilines is 2. The standard InChI is InChI=1S/C16H25N5O2.3ClH/c1-2-20-7-9-21(10-8-20)14-6-4-3-5-13(14)19-16(23)12-18-15(22)11-17;;;/h3-6H,2,7-12,17H2,1H3,(H,18,22)(H,19,23);3*1H. The van der Waals surface area contributed by atoms with Gasteiger partial charge in [0.1, 0.15) is 0 Å². The number of amides is 2. The monoisotopic (exact) mass is 427 g/mol. The second kappa shape index (κ2) is 13.9. The molecule has 1 aromatic rings. The lowest BCUT2D eigenvalue weighted by Crippen LogP contribution is -2.46. The summed E-state index contributed by atoms with van der Waals surface area (Å²) in [5, 5.41) is 5.33. The number of piperazine rings is 1. The average Bonchev–Trinajstić information content (AvgIpc) is 2.60. The average molecular weight is 429 g/mol. The summed E-state index contributed by atoms with van der Waals surface area (Å²) in [6, 6.07) is 7.74. The molecule has 0 unspecified atom stereocenters. The Morgan fingerprint density at radius 2 is 1.65 bits per heavy atom. The third kappa shape index (κ3) is 7.97. The van der Waals surface area contributed by atoms with Crippen LogP contribution in [0.15, 0.2) is 24.3 Å². The third-order valence-electron chi connectivity index (χ3n) is 3.97. The van der Waals surface area contributed by atoms with Crippen molar-refractivity contribution in [2.75, 3.05) is 56.0 Å². The Morgan fingerprint density at radius 3 is 2.23 bits per heavy atom. The zero-order chi connectivity index (χ0) is 16.7.